The number of nitrogens with one attached hydrogen (secondary N) is 2. The zero-order valence-corrected chi connectivity index (χ0v) is 12.3. The van der Waals surface area contributed by atoms with Crippen LogP contribution in [-0.4, -0.2) is 9.97 Å². The highest BCUT2D eigenvalue weighted by atomic mass is 32.1. The van der Waals surface area contributed by atoms with Crippen molar-refractivity contribution in [2.24, 2.45) is 0 Å². The van der Waals surface area contributed by atoms with Crippen molar-refractivity contribution >= 4 is 12.2 Å². The zero-order valence-electron chi connectivity index (χ0n) is 11.5. The third kappa shape index (κ3) is 4.77. The first-order chi connectivity index (χ1) is 8.69. The molecule has 0 atom stereocenters. The molecule has 0 saturated heterocycles. The van der Waals surface area contributed by atoms with Gasteiger partial charge in [-0.25, -0.2) is 0 Å². The molecule has 0 unspecified atom stereocenters. The molecule has 0 bridgehead atoms. The number of aryl methyl sites for hydroxylation is 1. The lowest BCUT2D eigenvalue weighted by Crippen LogP contribution is -2.17. The van der Waals surface area contributed by atoms with Gasteiger partial charge in [0.2, 0.25) is 0 Å². The molecule has 3 nitrogen and oxygen atoms in total. The lowest BCUT2D eigenvalue weighted by atomic mass is 10.0. The van der Waals surface area contributed by atoms with Gasteiger partial charge < -0.3 is 4.98 Å². The summed E-state index contributed by atoms with van der Waals surface area (Å²) in [5, 5.41) is 0. The Labute approximate surface area is 114 Å². The molecule has 0 aliphatic carbocycles. The maximum absolute atomic E-state index is 11.8. The van der Waals surface area contributed by atoms with Crippen molar-refractivity contribution in [3.05, 3.63) is 26.4 Å². The van der Waals surface area contributed by atoms with E-state index in [1.54, 1.807) is 0 Å². The highest BCUT2D eigenvalue weighted by molar-refractivity contribution is 7.71. The third-order valence-electron chi connectivity index (χ3n) is 3.26. The smallest absolute Gasteiger partial charge is 0.255 e. The predicted octanol–water partition coefficient (Wildman–Crippen LogP) is 3.90. The molecule has 1 aromatic heterocycles. The van der Waals surface area contributed by atoms with Gasteiger partial charge in [0.25, 0.3) is 5.56 Å². The SMILES string of the molecule is CCCCCCCCc1c(CC)[nH]c(=S)[nH]c1=O. The van der Waals surface area contributed by atoms with Gasteiger partial charge in [-0.3, -0.25) is 9.78 Å². The van der Waals surface area contributed by atoms with Crippen LogP contribution in [0.1, 0.15) is 63.6 Å². The molecule has 1 rings (SSSR count). The number of unbranched alkanes of at least 4 members (excludes halogenated alkanes) is 5. The maximum Gasteiger partial charge on any atom is 0.255 e. The van der Waals surface area contributed by atoms with Crippen molar-refractivity contribution in [3.8, 4) is 0 Å². The number of H-pyrrole nitrogens is 2. The van der Waals surface area contributed by atoms with Crippen molar-refractivity contribution < 1.29 is 0 Å². The van der Waals surface area contributed by atoms with Gasteiger partial charge in [0.05, 0.1) is 0 Å². The summed E-state index contributed by atoms with van der Waals surface area (Å²) in [6.07, 6.45) is 9.16. The van der Waals surface area contributed by atoms with Gasteiger partial charge >= 0.3 is 0 Å². The van der Waals surface area contributed by atoms with Gasteiger partial charge in [-0.1, -0.05) is 46.0 Å². The Kier molecular flexibility index (Phi) is 6.94. The van der Waals surface area contributed by atoms with E-state index in [9.17, 15) is 4.79 Å². The minimum absolute atomic E-state index is 0.0100. The Morgan fingerprint density at radius 3 is 2.33 bits per heavy atom. The van der Waals surface area contributed by atoms with E-state index in [0.29, 0.717) is 4.77 Å². The molecule has 1 aromatic rings. The summed E-state index contributed by atoms with van der Waals surface area (Å²) < 4.78 is 0.434. The second-order valence-corrected chi connectivity index (χ2v) is 5.14. The van der Waals surface area contributed by atoms with Gasteiger partial charge in [0, 0.05) is 11.3 Å². The minimum atomic E-state index is -0.0100. The van der Waals surface area contributed by atoms with Crippen molar-refractivity contribution in [2.45, 2.75) is 65.2 Å². The molecular weight excluding hydrogens is 244 g/mol. The molecular formula is C14H24N2OS. The Hall–Kier alpha value is -0.900. The average Bonchev–Trinajstić information content (AvgIpc) is 2.35. The van der Waals surface area contributed by atoms with Crippen LogP contribution in [0.25, 0.3) is 0 Å². The molecule has 0 aliphatic heterocycles. The molecule has 0 saturated carbocycles. The van der Waals surface area contributed by atoms with Gasteiger partial charge in [-0.15, -0.1) is 0 Å². The van der Waals surface area contributed by atoms with Crippen molar-refractivity contribution in [1.29, 1.82) is 0 Å². The van der Waals surface area contributed by atoms with E-state index < -0.39 is 0 Å². The van der Waals surface area contributed by atoms with Crippen molar-refractivity contribution in [1.82, 2.24) is 9.97 Å². The number of hydrogen-bond acceptors (Lipinski definition) is 2. The van der Waals surface area contributed by atoms with Crippen molar-refractivity contribution in [2.75, 3.05) is 0 Å². The van der Waals surface area contributed by atoms with Crippen LogP contribution in [0.5, 0.6) is 0 Å². The Morgan fingerprint density at radius 1 is 1.00 bits per heavy atom. The van der Waals surface area contributed by atoms with Crippen molar-refractivity contribution in [3.63, 3.8) is 0 Å². The molecule has 0 spiro atoms. The molecule has 0 aromatic carbocycles. The van der Waals surface area contributed by atoms with E-state index in [-0.39, 0.29) is 5.56 Å². The summed E-state index contributed by atoms with van der Waals surface area (Å²) in [5.41, 5.74) is 1.88. The monoisotopic (exact) mass is 268 g/mol. The van der Waals surface area contributed by atoms with Crippen LogP contribution in [0.2, 0.25) is 0 Å². The number of aromatic amines is 2. The summed E-state index contributed by atoms with van der Waals surface area (Å²) in [6.45, 7) is 4.27. The largest absolute Gasteiger partial charge is 0.336 e. The van der Waals surface area contributed by atoms with E-state index in [1.807, 2.05) is 6.92 Å². The molecule has 0 fully saturated rings. The molecule has 0 radical (unpaired) electrons. The second-order valence-electron chi connectivity index (χ2n) is 4.74. The van der Waals surface area contributed by atoms with Gasteiger partial charge in [-0.2, -0.15) is 0 Å². The first kappa shape index (κ1) is 15.2. The molecule has 2 N–H and O–H groups in total. The lowest BCUT2D eigenvalue weighted by Gasteiger charge is -2.06. The fraction of sp³-hybridized carbons (Fsp3) is 0.714. The van der Waals surface area contributed by atoms with E-state index in [4.69, 9.17) is 12.2 Å². The van der Waals surface area contributed by atoms with E-state index in [2.05, 4.69) is 16.9 Å². The Morgan fingerprint density at radius 2 is 1.67 bits per heavy atom. The molecule has 102 valence electrons. The number of hydrogen-bond donors (Lipinski definition) is 2. The van der Waals surface area contributed by atoms with Crippen LogP contribution in [0.15, 0.2) is 4.79 Å². The lowest BCUT2D eigenvalue weighted by molar-refractivity contribution is 0.604. The zero-order chi connectivity index (χ0) is 13.4. The molecule has 4 heteroatoms. The quantitative estimate of drug-likeness (QED) is 0.555. The van der Waals surface area contributed by atoms with Gasteiger partial charge in [0.15, 0.2) is 4.77 Å². The first-order valence-electron chi connectivity index (χ1n) is 7.03. The van der Waals surface area contributed by atoms with E-state index >= 15 is 0 Å². The highest BCUT2D eigenvalue weighted by Gasteiger charge is 2.06. The average molecular weight is 268 g/mol. The van der Waals surface area contributed by atoms with Crippen LogP contribution in [0.3, 0.4) is 0 Å². The van der Waals surface area contributed by atoms with E-state index in [1.165, 1.54) is 32.1 Å². The highest BCUT2D eigenvalue weighted by Crippen LogP contribution is 2.10. The predicted molar refractivity (Wildman–Crippen MR) is 78.7 cm³/mol. The van der Waals surface area contributed by atoms with E-state index in [0.717, 1.165) is 30.5 Å². The van der Waals surface area contributed by atoms with Crippen LogP contribution < -0.4 is 5.56 Å². The molecule has 18 heavy (non-hydrogen) atoms. The van der Waals surface area contributed by atoms with Crippen LogP contribution in [0.4, 0.5) is 0 Å². The summed E-state index contributed by atoms with van der Waals surface area (Å²) in [7, 11) is 0. The second kappa shape index (κ2) is 8.25. The van der Waals surface area contributed by atoms with Gasteiger partial charge in [0.1, 0.15) is 0 Å². The summed E-state index contributed by atoms with van der Waals surface area (Å²) >= 11 is 4.99. The van der Waals surface area contributed by atoms with Crippen LogP contribution in [-0.2, 0) is 12.8 Å². The topological polar surface area (TPSA) is 48.6 Å². The minimum Gasteiger partial charge on any atom is -0.336 e. The molecule has 1 heterocycles. The van der Waals surface area contributed by atoms with Crippen LogP contribution in [0, 0.1) is 4.77 Å². The number of rotatable bonds is 8. The van der Waals surface area contributed by atoms with Crippen LogP contribution >= 0.6 is 12.2 Å². The summed E-state index contributed by atoms with van der Waals surface area (Å²) in [4.78, 5) is 17.6. The fourth-order valence-electron chi connectivity index (χ4n) is 2.21. The Balaban J connectivity index is 2.51. The molecule has 0 amide bonds. The summed E-state index contributed by atoms with van der Waals surface area (Å²) in [5.74, 6) is 0. The molecule has 0 aliphatic rings. The number of aromatic nitrogens is 2. The van der Waals surface area contributed by atoms with Gasteiger partial charge in [-0.05, 0) is 31.5 Å². The summed E-state index contributed by atoms with van der Waals surface area (Å²) in [6, 6.07) is 0. The first-order valence-corrected chi connectivity index (χ1v) is 7.44. The standard InChI is InChI=1S/C14H24N2OS/c1-3-5-6-7-8-9-10-11-12(4-2)15-14(18)16-13(11)17/h3-10H2,1-2H3,(H2,15,16,17,18). The normalized spacial score (nSPS) is 10.8. The Bertz CT molecular complexity index is 462. The maximum atomic E-state index is 11.8. The fourth-order valence-corrected chi connectivity index (χ4v) is 2.42. The third-order valence-corrected chi connectivity index (χ3v) is 3.47.